The lowest BCUT2D eigenvalue weighted by Crippen LogP contribution is -2.51. The fourth-order valence-electron chi connectivity index (χ4n) is 5.60. The molecule has 0 aromatic heterocycles. The predicted octanol–water partition coefficient (Wildman–Crippen LogP) is 4.55. The molecular weight excluding hydrogens is 481 g/mol. The molecule has 3 N–H and O–H groups in total. The van der Waals surface area contributed by atoms with Crippen LogP contribution in [0.25, 0.3) is 6.08 Å². The Balaban J connectivity index is 1.47. The van der Waals surface area contributed by atoms with E-state index in [1.807, 2.05) is 36.4 Å². The van der Waals surface area contributed by atoms with Crippen molar-refractivity contribution in [3.8, 4) is 0 Å². The molecule has 3 amide bonds. The standard InChI is InChI=1S/C31H38FN3O3/c32-26-13-7-12-24(18-26)19-27(21-25-16-17-33-30(25)37)34-31(38)28(20-23-10-5-2-6-11-23)35-29(36)15-14-22-8-3-1-4-9-22/h1,3-4,7-9,12-15,18,23,25,27-28H,2,5-6,10-11,16-17,19-21H2,(H,33,37)(H,34,38)(H,35,36)/t25-,27+,28-/m0/s1. The first-order valence-corrected chi connectivity index (χ1v) is 13.8. The number of carbonyl (C=O) groups excluding carboxylic acids is 3. The minimum atomic E-state index is -0.682. The Kier molecular flexibility index (Phi) is 10.1. The van der Waals surface area contributed by atoms with Gasteiger partial charge in [-0.2, -0.15) is 0 Å². The van der Waals surface area contributed by atoms with Gasteiger partial charge in [0, 0.05) is 24.6 Å². The van der Waals surface area contributed by atoms with Gasteiger partial charge in [-0.05, 0) is 60.9 Å². The van der Waals surface area contributed by atoms with Gasteiger partial charge in [-0.15, -0.1) is 0 Å². The van der Waals surface area contributed by atoms with Crippen LogP contribution in [0.1, 0.15) is 62.5 Å². The second-order valence-corrected chi connectivity index (χ2v) is 10.6. The van der Waals surface area contributed by atoms with Crippen molar-refractivity contribution in [2.75, 3.05) is 6.54 Å². The highest BCUT2D eigenvalue weighted by atomic mass is 19.1. The van der Waals surface area contributed by atoms with Crippen molar-refractivity contribution in [3.05, 3.63) is 77.6 Å². The van der Waals surface area contributed by atoms with Gasteiger partial charge >= 0.3 is 0 Å². The van der Waals surface area contributed by atoms with Crippen LogP contribution in [-0.2, 0) is 20.8 Å². The molecule has 0 radical (unpaired) electrons. The zero-order valence-corrected chi connectivity index (χ0v) is 21.8. The normalized spacial score (nSPS) is 19.6. The first-order valence-electron chi connectivity index (χ1n) is 13.8. The topological polar surface area (TPSA) is 87.3 Å². The van der Waals surface area contributed by atoms with Crippen molar-refractivity contribution >= 4 is 23.8 Å². The van der Waals surface area contributed by atoms with E-state index in [1.54, 1.807) is 12.1 Å². The molecule has 38 heavy (non-hydrogen) atoms. The van der Waals surface area contributed by atoms with Crippen LogP contribution in [0.4, 0.5) is 4.39 Å². The molecule has 3 atom stereocenters. The third kappa shape index (κ3) is 8.54. The largest absolute Gasteiger partial charge is 0.356 e. The molecule has 0 bridgehead atoms. The van der Waals surface area contributed by atoms with Crippen molar-refractivity contribution in [2.45, 2.75) is 69.9 Å². The highest BCUT2D eigenvalue weighted by Crippen LogP contribution is 2.28. The Bertz CT molecular complexity index is 1110. The lowest BCUT2D eigenvalue weighted by molar-refractivity contribution is -0.128. The molecular formula is C31H38FN3O3. The van der Waals surface area contributed by atoms with E-state index < -0.39 is 6.04 Å². The van der Waals surface area contributed by atoms with Gasteiger partial charge in [0.25, 0.3) is 0 Å². The lowest BCUT2D eigenvalue weighted by atomic mass is 9.84. The van der Waals surface area contributed by atoms with E-state index in [2.05, 4.69) is 16.0 Å². The second kappa shape index (κ2) is 13.9. The van der Waals surface area contributed by atoms with Crippen molar-refractivity contribution < 1.29 is 18.8 Å². The summed E-state index contributed by atoms with van der Waals surface area (Å²) < 4.78 is 13.9. The van der Waals surface area contributed by atoms with Crippen molar-refractivity contribution in [3.63, 3.8) is 0 Å². The van der Waals surface area contributed by atoms with Crippen molar-refractivity contribution in [2.24, 2.45) is 11.8 Å². The summed E-state index contributed by atoms with van der Waals surface area (Å²) in [4.78, 5) is 38.7. The van der Waals surface area contributed by atoms with Gasteiger partial charge in [-0.1, -0.05) is 74.6 Å². The fraction of sp³-hybridized carbons (Fsp3) is 0.452. The molecule has 0 spiro atoms. The molecule has 4 rings (SSSR count). The van der Waals surface area contributed by atoms with Crippen LogP contribution in [0.5, 0.6) is 0 Å². The van der Waals surface area contributed by atoms with Crippen LogP contribution in [0.3, 0.4) is 0 Å². The van der Waals surface area contributed by atoms with E-state index >= 15 is 0 Å². The van der Waals surface area contributed by atoms with E-state index in [0.29, 0.717) is 38.1 Å². The Morgan fingerprint density at radius 3 is 2.47 bits per heavy atom. The SMILES string of the molecule is O=C(C=Cc1ccccc1)N[C@@H](CC1CCCCC1)C(=O)N[C@H](Cc1cccc(F)c1)C[C@@H]1CCNC1=O. The molecule has 0 unspecified atom stereocenters. The fourth-order valence-corrected chi connectivity index (χ4v) is 5.60. The number of nitrogens with one attached hydrogen (secondary N) is 3. The van der Waals surface area contributed by atoms with Gasteiger partial charge in [0.1, 0.15) is 11.9 Å². The summed E-state index contributed by atoms with van der Waals surface area (Å²) >= 11 is 0. The van der Waals surface area contributed by atoms with Gasteiger partial charge < -0.3 is 16.0 Å². The Morgan fingerprint density at radius 1 is 0.974 bits per heavy atom. The molecule has 1 heterocycles. The van der Waals surface area contributed by atoms with Crippen LogP contribution >= 0.6 is 0 Å². The molecule has 2 aromatic carbocycles. The quantitative estimate of drug-likeness (QED) is 0.381. The van der Waals surface area contributed by atoms with Crippen LogP contribution in [0.2, 0.25) is 0 Å². The molecule has 202 valence electrons. The Morgan fingerprint density at radius 2 is 1.76 bits per heavy atom. The summed E-state index contributed by atoms with van der Waals surface area (Å²) in [7, 11) is 0. The summed E-state index contributed by atoms with van der Waals surface area (Å²) in [6, 6.07) is 14.8. The Labute approximate surface area is 224 Å². The maximum absolute atomic E-state index is 13.9. The van der Waals surface area contributed by atoms with Crippen molar-refractivity contribution in [1.29, 1.82) is 0 Å². The average molecular weight is 520 g/mol. The molecule has 2 aliphatic rings. The third-order valence-electron chi connectivity index (χ3n) is 7.60. The number of benzene rings is 2. The monoisotopic (exact) mass is 519 g/mol. The summed E-state index contributed by atoms with van der Waals surface area (Å²) in [5.74, 6) is -0.742. The number of amides is 3. The maximum Gasteiger partial charge on any atom is 0.244 e. The van der Waals surface area contributed by atoms with E-state index in [1.165, 1.54) is 24.6 Å². The summed E-state index contributed by atoms with van der Waals surface area (Å²) in [5.41, 5.74) is 1.66. The second-order valence-electron chi connectivity index (χ2n) is 10.6. The minimum absolute atomic E-state index is 0.0124. The molecule has 2 fully saturated rings. The minimum Gasteiger partial charge on any atom is -0.356 e. The summed E-state index contributed by atoms with van der Waals surface area (Å²) in [6.07, 6.45) is 10.9. The smallest absolute Gasteiger partial charge is 0.244 e. The highest BCUT2D eigenvalue weighted by molar-refractivity contribution is 5.95. The van der Waals surface area contributed by atoms with Gasteiger partial charge in [0.2, 0.25) is 17.7 Å². The number of halogens is 1. The molecule has 7 heteroatoms. The number of hydrogen-bond donors (Lipinski definition) is 3. The first kappa shape index (κ1) is 27.6. The number of rotatable bonds is 11. The zero-order chi connectivity index (χ0) is 26.7. The number of carbonyl (C=O) groups is 3. The summed E-state index contributed by atoms with van der Waals surface area (Å²) in [5, 5.41) is 8.91. The zero-order valence-electron chi connectivity index (χ0n) is 21.8. The van der Waals surface area contributed by atoms with Gasteiger partial charge in [-0.3, -0.25) is 14.4 Å². The third-order valence-corrected chi connectivity index (χ3v) is 7.60. The van der Waals surface area contributed by atoms with E-state index in [4.69, 9.17) is 0 Å². The van der Waals surface area contributed by atoms with E-state index in [9.17, 15) is 18.8 Å². The van der Waals surface area contributed by atoms with E-state index in [0.717, 1.165) is 36.8 Å². The van der Waals surface area contributed by atoms with Crippen LogP contribution in [0.15, 0.2) is 60.7 Å². The lowest BCUT2D eigenvalue weighted by Gasteiger charge is -2.28. The molecule has 6 nitrogen and oxygen atoms in total. The van der Waals surface area contributed by atoms with Crippen LogP contribution in [0, 0.1) is 17.7 Å². The molecule has 1 saturated heterocycles. The Hall–Kier alpha value is -3.48. The van der Waals surface area contributed by atoms with Gasteiger partial charge in [0.15, 0.2) is 0 Å². The van der Waals surface area contributed by atoms with Crippen LogP contribution < -0.4 is 16.0 Å². The van der Waals surface area contributed by atoms with Gasteiger partial charge in [0.05, 0.1) is 0 Å². The van der Waals surface area contributed by atoms with Crippen LogP contribution in [-0.4, -0.2) is 36.3 Å². The first-order chi connectivity index (χ1) is 18.5. The van der Waals surface area contributed by atoms with Crippen molar-refractivity contribution in [1.82, 2.24) is 16.0 Å². The highest BCUT2D eigenvalue weighted by Gasteiger charge is 2.31. The maximum atomic E-state index is 13.9. The molecule has 1 aliphatic carbocycles. The predicted molar refractivity (Wildman–Crippen MR) is 146 cm³/mol. The van der Waals surface area contributed by atoms with E-state index in [-0.39, 0.29) is 35.5 Å². The summed E-state index contributed by atoms with van der Waals surface area (Å²) in [6.45, 7) is 0.623. The molecule has 2 aromatic rings. The number of hydrogen-bond acceptors (Lipinski definition) is 3. The molecule has 1 saturated carbocycles. The van der Waals surface area contributed by atoms with Gasteiger partial charge in [-0.25, -0.2) is 4.39 Å². The molecule has 1 aliphatic heterocycles. The average Bonchev–Trinajstić information content (AvgIpc) is 3.32.